The van der Waals surface area contributed by atoms with Crippen molar-refractivity contribution in [3.8, 4) is 0 Å². The van der Waals surface area contributed by atoms with Crippen molar-refractivity contribution in [1.29, 1.82) is 0 Å². The summed E-state index contributed by atoms with van der Waals surface area (Å²) in [7, 11) is 0. The lowest BCUT2D eigenvalue weighted by molar-refractivity contribution is -0.113. The molecule has 0 spiro atoms. The molecule has 86 valence electrons. The van der Waals surface area contributed by atoms with E-state index in [0.29, 0.717) is 0 Å². The van der Waals surface area contributed by atoms with E-state index in [4.69, 9.17) is 0 Å². The van der Waals surface area contributed by atoms with Crippen LogP contribution in [0.5, 0.6) is 0 Å². The smallest absolute Gasteiger partial charge is 0.137 e. The number of hydrogen-bond donors (Lipinski definition) is 0. The summed E-state index contributed by atoms with van der Waals surface area (Å²) in [5.74, 6) is 0. The Bertz CT molecular complexity index is 367. The van der Waals surface area contributed by atoms with Gasteiger partial charge in [-0.25, -0.2) is 0 Å². The molecule has 2 nitrogen and oxygen atoms in total. The quantitative estimate of drug-likeness (QED) is 0.794. The van der Waals surface area contributed by atoms with Gasteiger partial charge in [0.15, 0.2) is 0 Å². The van der Waals surface area contributed by atoms with Crippen LogP contribution in [0.2, 0.25) is 0 Å². The van der Waals surface area contributed by atoms with Crippen LogP contribution in [-0.2, 0) is 11.3 Å². The van der Waals surface area contributed by atoms with Crippen LogP contribution in [0, 0.1) is 0 Å². The summed E-state index contributed by atoms with van der Waals surface area (Å²) in [4.78, 5) is 13.3. The molecule has 1 heterocycles. The Kier molecular flexibility index (Phi) is 4.13. The zero-order valence-electron chi connectivity index (χ0n) is 9.23. The van der Waals surface area contributed by atoms with E-state index in [1.165, 1.54) is 18.4 Å². The van der Waals surface area contributed by atoms with Crippen molar-refractivity contribution in [2.75, 3.05) is 6.54 Å². The molecule has 0 aliphatic carbocycles. The fourth-order valence-electron chi connectivity index (χ4n) is 2.24. The van der Waals surface area contributed by atoms with Crippen LogP contribution in [-0.4, -0.2) is 23.8 Å². The minimum atomic E-state index is 0.118. The predicted octanol–water partition coefficient (Wildman–Crippen LogP) is 3.00. The molecule has 1 fully saturated rings. The third-order valence-corrected chi connectivity index (χ3v) is 3.59. The summed E-state index contributed by atoms with van der Waals surface area (Å²) in [6, 6.07) is 8.42. The molecular weight excluding hydrogens is 266 g/mol. The van der Waals surface area contributed by atoms with Gasteiger partial charge in [0.2, 0.25) is 0 Å². The van der Waals surface area contributed by atoms with E-state index >= 15 is 0 Å². The highest BCUT2D eigenvalue weighted by atomic mass is 79.9. The molecule has 16 heavy (non-hydrogen) atoms. The van der Waals surface area contributed by atoms with Crippen molar-refractivity contribution < 1.29 is 4.79 Å². The van der Waals surface area contributed by atoms with E-state index in [0.717, 1.165) is 30.3 Å². The fraction of sp³-hybridized carbons (Fsp3) is 0.462. The third-order valence-electron chi connectivity index (χ3n) is 3.10. The second-order valence-electron chi connectivity index (χ2n) is 4.30. The minimum Gasteiger partial charge on any atom is -0.302 e. The first-order chi connectivity index (χ1) is 7.79. The van der Waals surface area contributed by atoms with Crippen LogP contribution < -0.4 is 0 Å². The zero-order chi connectivity index (χ0) is 11.4. The maximum Gasteiger partial charge on any atom is 0.137 e. The first-order valence-corrected chi connectivity index (χ1v) is 6.52. The molecule has 0 radical (unpaired) electrons. The third kappa shape index (κ3) is 2.92. The number of carbonyl (C=O) groups is 1. The van der Waals surface area contributed by atoms with Gasteiger partial charge in [-0.2, -0.15) is 0 Å². The molecule has 0 amide bonds. The number of carbonyl (C=O) groups excluding carboxylic acids is 1. The molecule has 1 atom stereocenters. The highest BCUT2D eigenvalue weighted by Gasteiger charge is 2.21. The average Bonchev–Trinajstić information content (AvgIpc) is 2.30. The van der Waals surface area contributed by atoms with Crippen LogP contribution in [0.25, 0.3) is 0 Å². The predicted molar refractivity (Wildman–Crippen MR) is 68.3 cm³/mol. The van der Waals surface area contributed by atoms with Gasteiger partial charge in [0.1, 0.15) is 6.29 Å². The number of benzene rings is 1. The van der Waals surface area contributed by atoms with Gasteiger partial charge in [0.05, 0.1) is 6.04 Å². The zero-order valence-corrected chi connectivity index (χ0v) is 10.8. The molecule has 3 heteroatoms. The molecule has 2 rings (SSSR count). The van der Waals surface area contributed by atoms with E-state index in [-0.39, 0.29) is 6.04 Å². The normalized spacial score (nSPS) is 21.9. The molecule has 1 saturated heterocycles. The molecule has 0 aromatic heterocycles. The standard InChI is InChI=1S/C13H16BrNO/c14-12-5-3-4-11(8-12)9-15-7-2-1-6-13(15)10-16/h3-5,8,10,13H,1-2,6-7,9H2. The minimum absolute atomic E-state index is 0.118. The highest BCUT2D eigenvalue weighted by molar-refractivity contribution is 9.10. The maximum absolute atomic E-state index is 11.0. The largest absolute Gasteiger partial charge is 0.302 e. The number of aldehydes is 1. The summed E-state index contributed by atoms with van der Waals surface area (Å²) in [5, 5.41) is 0. The second kappa shape index (κ2) is 5.60. The lowest BCUT2D eigenvalue weighted by Crippen LogP contribution is -2.39. The van der Waals surface area contributed by atoms with E-state index in [1.807, 2.05) is 12.1 Å². The number of rotatable bonds is 3. The van der Waals surface area contributed by atoms with E-state index in [2.05, 4.69) is 33.0 Å². The van der Waals surface area contributed by atoms with Crippen molar-refractivity contribution in [2.24, 2.45) is 0 Å². The Morgan fingerprint density at radius 2 is 2.31 bits per heavy atom. The second-order valence-corrected chi connectivity index (χ2v) is 5.22. The number of halogens is 1. The summed E-state index contributed by atoms with van der Waals surface area (Å²) < 4.78 is 1.10. The molecule has 0 saturated carbocycles. The fourth-order valence-corrected chi connectivity index (χ4v) is 2.68. The van der Waals surface area contributed by atoms with Gasteiger partial charge < -0.3 is 4.79 Å². The average molecular weight is 282 g/mol. The van der Waals surface area contributed by atoms with Gasteiger partial charge in [0.25, 0.3) is 0 Å². The van der Waals surface area contributed by atoms with Gasteiger partial charge >= 0.3 is 0 Å². The summed E-state index contributed by atoms with van der Waals surface area (Å²) in [6.07, 6.45) is 4.49. The molecule has 1 aromatic carbocycles. The highest BCUT2D eigenvalue weighted by Crippen LogP contribution is 2.19. The Morgan fingerprint density at radius 1 is 1.44 bits per heavy atom. The van der Waals surface area contributed by atoms with Gasteiger partial charge in [0, 0.05) is 11.0 Å². The van der Waals surface area contributed by atoms with Gasteiger partial charge in [-0.3, -0.25) is 4.90 Å². The molecule has 1 aliphatic heterocycles. The van der Waals surface area contributed by atoms with E-state index in [9.17, 15) is 4.79 Å². The topological polar surface area (TPSA) is 20.3 Å². The van der Waals surface area contributed by atoms with Crippen molar-refractivity contribution >= 4 is 22.2 Å². The van der Waals surface area contributed by atoms with Crippen LogP contribution in [0.4, 0.5) is 0 Å². The Hall–Kier alpha value is -0.670. The number of likely N-dealkylation sites (tertiary alicyclic amines) is 1. The van der Waals surface area contributed by atoms with Crippen molar-refractivity contribution in [3.63, 3.8) is 0 Å². The summed E-state index contributed by atoms with van der Waals surface area (Å²) in [5.41, 5.74) is 1.27. The monoisotopic (exact) mass is 281 g/mol. The van der Waals surface area contributed by atoms with E-state index < -0.39 is 0 Å². The molecule has 1 aliphatic rings. The lowest BCUT2D eigenvalue weighted by Gasteiger charge is -2.32. The Labute approximate surface area is 105 Å². The summed E-state index contributed by atoms with van der Waals surface area (Å²) in [6.45, 7) is 1.92. The Morgan fingerprint density at radius 3 is 3.06 bits per heavy atom. The number of hydrogen-bond acceptors (Lipinski definition) is 2. The van der Waals surface area contributed by atoms with E-state index in [1.54, 1.807) is 0 Å². The van der Waals surface area contributed by atoms with Crippen molar-refractivity contribution in [2.45, 2.75) is 31.8 Å². The SMILES string of the molecule is O=CC1CCCCN1Cc1cccc(Br)c1. The van der Waals surface area contributed by atoms with Gasteiger partial charge in [-0.05, 0) is 37.1 Å². The van der Waals surface area contributed by atoms with Crippen LogP contribution >= 0.6 is 15.9 Å². The van der Waals surface area contributed by atoms with Crippen LogP contribution in [0.3, 0.4) is 0 Å². The number of piperidine rings is 1. The summed E-state index contributed by atoms with van der Waals surface area (Å²) >= 11 is 3.47. The van der Waals surface area contributed by atoms with Crippen LogP contribution in [0.15, 0.2) is 28.7 Å². The van der Waals surface area contributed by atoms with Gasteiger partial charge in [-0.15, -0.1) is 0 Å². The van der Waals surface area contributed by atoms with Crippen molar-refractivity contribution in [3.05, 3.63) is 34.3 Å². The molecular formula is C13H16BrNO. The molecule has 0 bridgehead atoms. The van der Waals surface area contributed by atoms with Crippen LogP contribution in [0.1, 0.15) is 24.8 Å². The van der Waals surface area contributed by atoms with Crippen molar-refractivity contribution in [1.82, 2.24) is 4.90 Å². The Balaban J connectivity index is 2.04. The molecule has 0 N–H and O–H groups in total. The maximum atomic E-state index is 11.0. The lowest BCUT2D eigenvalue weighted by atomic mass is 10.0. The number of nitrogens with zero attached hydrogens (tertiary/aromatic N) is 1. The first-order valence-electron chi connectivity index (χ1n) is 5.73. The first kappa shape index (κ1) is 11.8. The molecule has 1 aromatic rings. The molecule has 1 unspecified atom stereocenters. The van der Waals surface area contributed by atoms with Gasteiger partial charge in [-0.1, -0.05) is 34.5 Å².